The fraction of sp³-hybridized carbons (Fsp3) is 0.250. The number of nitro groups is 1. The summed E-state index contributed by atoms with van der Waals surface area (Å²) in [5, 5.41) is 25.4. The van der Waals surface area contributed by atoms with Crippen LogP contribution in [0.3, 0.4) is 0 Å². The van der Waals surface area contributed by atoms with Crippen molar-refractivity contribution in [2.75, 3.05) is 17.2 Å². The van der Waals surface area contributed by atoms with Crippen LogP contribution in [0.25, 0.3) is 11.0 Å². The van der Waals surface area contributed by atoms with Gasteiger partial charge in [0.1, 0.15) is 5.69 Å². The molecule has 0 aliphatic carbocycles. The van der Waals surface area contributed by atoms with Gasteiger partial charge in [0, 0.05) is 12.2 Å². The van der Waals surface area contributed by atoms with E-state index in [-0.39, 0.29) is 11.2 Å². The number of nitro benzene ring substituents is 1. The molecule has 0 saturated heterocycles. The zero-order valence-electron chi connectivity index (χ0n) is 13.6. The normalized spacial score (nSPS) is 10.8. The summed E-state index contributed by atoms with van der Waals surface area (Å²) in [6.45, 7) is 6.48. The van der Waals surface area contributed by atoms with E-state index in [1.165, 1.54) is 0 Å². The van der Waals surface area contributed by atoms with Crippen molar-refractivity contribution in [3.8, 4) is 0 Å². The van der Waals surface area contributed by atoms with Crippen molar-refractivity contribution in [1.82, 2.24) is 10.3 Å². The average molecular weight is 327 g/mol. The number of nitrogens with one attached hydrogen (secondary N) is 2. The lowest BCUT2D eigenvalue weighted by atomic mass is 10.1. The van der Waals surface area contributed by atoms with E-state index in [2.05, 4.69) is 20.9 Å². The summed E-state index contributed by atoms with van der Waals surface area (Å²) in [6.07, 6.45) is 0. The summed E-state index contributed by atoms with van der Waals surface area (Å²) < 4.78 is 4.72. The average Bonchev–Trinajstić information content (AvgIpc) is 3.00. The Kier molecular flexibility index (Phi) is 4.03. The highest BCUT2D eigenvalue weighted by atomic mass is 16.6. The van der Waals surface area contributed by atoms with Gasteiger partial charge in [-0.05, 0) is 54.3 Å². The summed E-state index contributed by atoms with van der Waals surface area (Å²) >= 11 is 0. The minimum atomic E-state index is -0.476. The molecule has 2 aromatic carbocycles. The largest absolute Gasteiger partial charge is 0.383 e. The SMILES string of the molecule is CCNc1cc(Nc2cc(C)ccc2C)c([N+](=O)[O-])c2nonc12. The Balaban J connectivity index is 2.20. The monoisotopic (exact) mass is 327 g/mol. The van der Waals surface area contributed by atoms with Crippen molar-refractivity contribution in [3.05, 3.63) is 45.5 Å². The number of rotatable bonds is 5. The number of hydrogen-bond donors (Lipinski definition) is 2. The van der Waals surface area contributed by atoms with E-state index in [0.717, 1.165) is 16.8 Å². The predicted molar refractivity (Wildman–Crippen MR) is 91.8 cm³/mol. The molecule has 0 atom stereocenters. The Morgan fingerprint density at radius 2 is 1.88 bits per heavy atom. The molecule has 1 heterocycles. The van der Waals surface area contributed by atoms with Crippen LogP contribution in [0.4, 0.5) is 22.7 Å². The first-order valence-electron chi connectivity index (χ1n) is 7.53. The highest BCUT2D eigenvalue weighted by Crippen LogP contribution is 2.38. The van der Waals surface area contributed by atoms with Gasteiger partial charge in [-0.2, -0.15) is 0 Å². The van der Waals surface area contributed by atoms with Gasteiger partial charge >= 0.3 is 5.69 Å². The smallest absolute Gasteiger partial charge is 0.324 e. The molecule has 24 heavy (non-hydrogen) atoms. The van der Waals surface area contributed by atoms with E-state index in [0.29, 0.717) is 23.4 Å². The number of fused-ring (bicyclic) bond motifs is 1. The lowest BCUT2D eigenvalue weighted by Gasteiger charge is -2.13. The molecule has 8 heteroatoms. The lowest BCUT2D eigenvalue weighted by Crippen LogP contribution is -2.03. The number of nitrogens with zero attached hydrogens (tertiary/aromatic N) is 3. The standard InChI is InChI=1S/C16H17N5O3/c1-4-17-12-8-13(18-11-7-9(2)5-6-10(11)3)16(21(22)23)15-14(12)19-24-20-15/h5-8,17-18H,4H2,1-3H3. The van der Waals surface area contributed by atoms with E-state index in [1.807, 2.05) is 39.0 Å². The maximum Gasteiger partial charge on any atom is 0.324 e. The topological polar surface area (TPSA) is 106 Å². The third kappa shape index (κ3) is 2.73. The first-order valence-corrected chi connectivity index (χ1v) is 7.53. The molecular weight excluding hydrogens is 310 g/mol. The molecule has 0 aliphatic rings. The van der Waals surface area contributed by atoms with Gasteiger partial charge in [-0.25, -0.2) is 4.63 Å². The van der Waals surface area contributed by atoms with Crippen molar-refractivity contribution in [3.63, 3.8) is 0 Å². The van der Waals surface area contributed by atoms with Gasteiger partial charge in [-0.15, -0.1) is 0 Å². The molecule has 0 fully saturated rings. The second-order valence-electron chi connectivity index (χ2n) is 5.51. The number of anilines is 3. The zero-order chi connectivity index (χ0) is 17.3. The molecule has 0 saturated carbocycles. The molecule has 0 radical (unpaired) electrons. The molecule has 2 N–H and O–H groups in total. The predicted octanol–water partition coefficient (Wildman–Crippen LogP) is 3.92. The van der Waals surface area contributed by atoms with Crippen molar-refractivity contribution in [2.45, 2.75) is 20.8 Å². The fourth-order valence-electron chi connectivity index (χ4n) is 2.55. The minimum Gasteiger partial charge on any atom is -0.383 e. The maximum atomic E-state index is 11.6. The molecular formula is C16H17N5O3. The van der Waals surface area contributed by atoms with Gasteiger partial charge in [0.25, 0.3) is 0 Å². The van der Waals surface area contributed by atoms with Gasteiger partial charge < -0.3 is 10.6 Å². The van der Waals surface area contributed by atoms with Gasteiger partial charge in [0.05, 0.1) is 10.6 Å². The molecule has 0 unspecified atom stereocenters. The second-order valence-corrected chi connectivity index (χ2v) is 5.51. The first kappa shape index (κ1) is 15.7. The third-order valence-corrected chi connectivity index (χ3v) is 3.72. The van der Waals surface area contributed by atoms with Crippen LogP contribution in [-0.4, -0.2) is 21.8 Å². The molecule has 0 bridgehead atoms. The summed E-state index contributed by atoms with van der Waals surface area (Å²) in [4.78, 5) is 11.1. The Bertz CT molecular complexity index is 919. The van der Waals surface area contributed by atoms with Crippen LogP contribution in [0.5, 0.6) is 0 Å². The van der Waals surface area contributed by atoms with Crippen LogP contribution < -0.4 is 10.6 Å². The Morgan fingerprint density at radius 1 is 1.12 bits per heavy atom. The van der Waals surface area contributed by atoms with Gasteiger partial charge in [0.15, 0.2) is 5.52 Å². The van der Waals surface area contributed by atoms with Gasteiger partial charge in [-0.1, -0.05) is 12.1 Å². The van der Waals surface area contributed by atoms with E-state index in [4.69, 9.17) is 4.63 Å². The third-order valence-electron chi connectivity index (χ3n) is 3.72. The molecule has 0 amide bonds. The van der Waals surface area contributed by atoms with E-state index >= 15 is 0 Å². The highest BCUT2D eigenvalue weighted by molar-refractivity contribution is 6.00. The van der Waals surface area contributed by atoms with Crippen LogP contribution in [-0.2, 0) is 0 Å². The number of benzene rings is 2. The van der Waals surface area contributed by atoms with Crippen molar-refractivity contribution in [2.24, 2.45) is 0 Å². The summed E-state index contributed by atoms with van der Waals surface area (Å²) in [7, 11) is 0. The molecule has 124 valence electrons. The van der Waals surface area contributed by atoms with E-state index in [9.17, 15) is 10.1 Å². The summed E-state index contributed by atoms with van der Waals surface area (Å²) in [5.74, 6) is 0. The Hall–Kier alpha value is -3.16. The van der Waals surface area contributed by atoms with Crippen LogP contribution in [0.15, 0.2) is 28.9 Å². The lowest BCUT2D eigenvalue weighted by molar-refractivity contribution is -0.382. The van der Waals surface area contributed by atoms with Crippen molar-refractivity contribution >= 4 is 33.8 Å². The molecule has 3 aromatic rings. The van der Waals surface area contributed by atoms with Gasteiger partial charge in [-0.3, -0.25) is 10.1 Å². The number of aryl methyl sites for hydroxylation is 2. The summed E-state index contributed by atoms with van der Waals surface area (Å²) in [5.41, 5.74) is 4.12. The maximum absolute atomic E-state index is 11.6. The van der Waals surface area contributed by atoms with Crippen LogP contribution in [0, 0.1) is 24.0 Å². The van der Waals surface area contributed by atoms with Gasteiger partial charge in [0.2, 0.25) is 5.52 Å². The molecule has 0 aliphatic heterocycles. The molecule has 1 aromatic heterocycles. The first-order chi connectivity index (χ1) is 11.5. The second kappa shape index (κ2) is 6.15. The highest BCUT2D eigenvalue weighted by Gasteiger charge is 2.26. The van der Waals surface area contributed by atoms with Crippen LogP contribution in [0.2, 0.25) is 0 Å². The molecule has 3 rings (SSSR count). The Labute approximate surface area is 138 Å². The van der Waals surface area contributed by atoms with Crippen LogP contribution in [0.1, 0.15) is 18.1 Å². The number of aromatic nitrogens is 2. The minimum absolute atomic E-state index is 0.117. The van der Waals surface area contributed by atoms with Crippen molar-refractivity contribution < 1.29 is 9.55 Å². The quantitative estimate of drug-likeness (QED) is 0.540. The zero-order valence-corrected chi connectivity index (χ0v) is 13.6. The summed E-state index contributed by atoms with van der Waals surface area (Å²) in [6, 6.07) is 7.56. The molecule has 8 nitrogen and oxygen atoms in total. The van der Waals surface area contributed by atoms with E-state index in [1.54, 1.807) is 6.07 Å². The van der Waals surface area contributed by atoms with E-state index < -0.39 is 4.92 Å². The fourth-order valence-corrected chi connectivity index (χ4v) is 2.55. The molecule has 0 spiro atoms. The number of hydrogen-bond acceptors (Lipinski definition) is 7. The Morgan fingerprint density at radius 3 is 2.58 bits per heavy atom. The van der Waals surface area contributed by atoms with Crippen LogP contribution >= 0.6 is 0 Å². The van der Waals surface area contributed by atoms with Crippen molar-refractivity contribution in [1.29, 1.82) is 0 Å².